The van der Waals surface area contributed by atoms with Crippen molar-refractivity contribution in [1.82, 2.24) is 10.3 Å². The summed E-state index contributed by atoms with van der Waals surface area (Å²) in [6.07, 6.45) is -1.65. The molecule has 3 N–H and O–H groups in total. The second-order valence-electron chi connectivity index (χ2n) is 6.21. The fraction of sp³-hybridized carbons (Fsp3) is 0.278. The standard InChI is InChI=1S/C18H17F3N4O3/c1-10(14-6-7-23-9-11(14)8-22)15-16(26)25(17(27)24-15)12-2-4-13(5-3-12)28-18(19,20)21/h2-7,9-10,15H,8,22H2,1H3,(H,24,27). The van der Waals surface area contributed by atoms with Gasteiger partial charge in [0.25, 0.3) is 5.91 Å². The van der Waals surface area contributed by atoms with Crippen molar-refractivity contribution in [3.05, 3.63) is 53.9 Å². The zero-order chi connectivity index (χ0) is 20.5. The monoisotopic (exact) mass is 394 g/mol. The number of rotatable bonds is 5. The minimum absolute atomic E-state index is 0.139. The number of ether oxygens (including phenoxy) is 1. The number of nitrogens with one attached hydrogen (secondary N) is 1. The van der Waals surface area contributed by atoms with Crippen LogP contribution in [0.25, 0.3) is 0 Å². The molecular weight excluding hydrogens is 377 g/mol. The fourth-order valence-corrected chi connectivity index (χ4v) is 3.11. The molecule has 10 heteroatoms. The topological polar surface area (TPSA) is 97.5 Å². The molecule has 1 aliphatic rings. The van der Waals surface area contributed by atoms with Crippen LogP contribution < -0.4 is 20.7 Å². The van der Waals surface area contributed by atoms with Gasteiger partial charge in [-0.05, 0) is 41.5 Å². The maximum Gasteiger partial charge on any atom is 0.573 e. The number of nitrogens with zero attached hydrogens (tertiary/aromatic N) is 2. The van der Waals surface area contributed by atoms with E-state index in [1.807, 2.05) is 0 Å². The summed E-state index contributed by atoms with van der Waals surface area (Å²) in [6, 6.07) is 4.73. The number of urea groups is 1. The lowest BCUT2D eigenvalue weighted by Crippen LogP contribution is -2.35. The molecule has 1 aromatic heterocycles. The number of carbonyl (C=O) groups excluding carboxylic acids is 2. The minimum atomic E-state index is -4.83. The van der Waals surface area contributed by atoms with Crippen molar-refractivity contribution >= 4 is 17.6 Å². The molecule has 2 atom stereocenters. The molecule has 1 saturated heterocycles. The van der Waals surface area contributed by atoms with Crippen LogP contribution in [0.1, 0.15) is 24.0 Å². The van der Waals surface area contributed by atoms with Crippen molar-refractivity contribution in [3.8, 4) is 5.75 Å². The average molecular weight is 394 g/mol. The van der Waals surface area contributed by atoms with Crippen molar-refractivity contribution in [2.24, 2.45) is 5.73 Å². The lowest BCUT2D eigenvalue weighted by molar-refractivity contribution is -0.274. The summed E-state index contributed by atoms with van der Waals surface area (Å²) >= 11 is 0. The molecule has 3 amide bonds. The third-order valence-corrected chi connectivity index (χ3v) is 4.45. The van der Waals surface area contributed by atoms with Gasteiger partial charge in [0.1, 0.15) is 11.8 Å². The number of benzene rings is 1. The van der Waals surface area contributed by atoms with E-state index < -0.39 is 30.1 Å². The number of pyridine rings is 1. The third-order valence-electron chi connectivity index (χ3n) is 4.45. The van der Waals surface area contributed by atoms with Crippen LogP contribution in [0.3, 0.4) is 0 Å². The zero-order valence-electron chi connectivity index (χ0n) is 14.7. The minimum Gasteiger partial charge on any atom is -0.406 e. The summed E-state index contributed by atoms with van der Waals surface area (Å²) in [5.74, 6) is -1.34. The summed E-state index contributed by atoms with van der Waals surface area (Å²) in [7, 11) is 0. The molecule has 1 fully saturated rings. The number of nitrogens with two attached hydrogens (primary N) is 1. The average Bonchev–Trinajstić information content (AvgIpc) is 2.95. The van der Waals surface area contributed by atoms with Gasteiger partial charge in [-0.25, -0.2) is 9.69 Å². The van der Waals surface area contributed by atoms with E-state index in [9.17, 15) is 22.8 Å². The Morgan fingerprint density at radius 2 is 1.93 bits per heavy atom. The first kappa shape index (κ1) is 19.6. The Morgan fingerprint density at radius 3 is 2.54 bits per heavy atom. The Labute approximate surface area is 158 Å². The van der Waals surface area contributed by atoms with Crippen LogP contribution in [0.2, 0.25) is 0 Å². The number of amides is 3. The smallest absolute Gasteiger partial charge is 0.406 e. The van der Waals surface area contributed by atoms with Gasteiger partial charge in [0, 0.05) is 24.9 Å². The van der Waals surface area contributed by atoms with E-state index in [0.29, 0.717) is 0 Å². The van der Waals surface area contributed by atoms with Crippen molar-refractivity contribution in [3.63, 3.8) is 0 Å². The van der Waals surface area contributed by atoms with Crippen molar-refractivity contribution in [2.45, 2.75) is 31.8 Å². The van der Waals surface area contributed by atoms with Crippen LogP contribution in [0.5, 0.6) is 5.75 Å². The summed E-state index contributed by atoms with van der Waals surface area (Å²) in [6.45, 7) is 2.01. The lowest BCUT2D eigenvalue weighted by Gasteiger charge is -2.20. The highest BCUT2D eigenvalue weighted by Crippen LogP contribution is 2.30. The van der Waals surface area contributed by atoms with Crippen LogP contribution in [-0.2, 0) is 11.3 Å². The number of aromatic nitrogens is 1. The molecule has 7 nitrogen and oxygen atoms in total. The molecule has 0 saturated carbocycles. The fourth-order valence-electron chi connectivity index (χ4n) is 3.11. The molecule has 0 bridgehead atoms. The highest BCUT2D eigenvalue weighted by Gasteiger charge is 2.42. The quantitative estimate of drug-likeness (QED) is 0.760. The third kappa shape index (κ3) is 3.91. The number of halogens is 3. The number of alkyl halides is 3. The second kappa shape index (κ2) is 7.47. The molecule has 28 heavy (non-hydrogen) atoms. The molecule has 1 aromatic carbocycles. The predicted octanol–water partition coefficient (Wildman–Crippen LogP) is 2.67. The van der Waals surface area contributed by atoms with Gasteiger partial charge in [-0.1, -0.05) is 6.92 Å². The van der Waals surface area contributed by atoms with Gasteiger partial charge in [-0.2, -0.15) is 0 Å². The van der Waals surface area contributed by atoms with E-state index in [1.165, 1.54) is 12.1 Å². The predicted molar refractivity (Wildman–Crippen MR) is 93.5 cm³/mol. The number of carbonyl (C=O) groups is 2. The Kier molecular flexibility index (Phi) is 5.23. The van der Waals surface area contributed by atoms with E-state index in [2.05, 4.69) is 15.0 Å². The van der Waals surface area contributed by atoms with Crippen molar-refractivity contribution in [1.29, 1.82) is 0 Å². The SMILES string of the molecule is CC(c1ccncc1CN)C1NC(=O)N(c2ccc(OC(F)(F)F)cc2)C1=O. The first-order valence-corrected chi connectivity index (χ1v) is 8.34. The second-order valence-corrected chi connectivity index (χ2v) is 6.21. The number of anilines is 1. The summed E-state index contributed by atoms with van der Waals surface area (Å²) in [5.41, 5.74) is 7.39. The first-order valence-electron chi connectivity index (χ1n) is 8.34. The van der Waals surface area contributed by atoms with Gasteiger partial charge in [0.15, 0.2) is 0 Å². The maximum absolute atomic E-state index is 12.8. The Morgan fingerprint density at radius 1 is 1.25 bits per heavy atom. The van der Waals surface area contributed by atoms with Gasteiger partial charge in [-0.3, -0.25) is 9.78 Å². The van der Waals surface area contributed by atoms with Crippen molar-refractivity contribution in [2.75, 3.05) is 4.90 Å². The van der Waals surface area contributed by atoms with Gasteiger partial charge >= 0.3 is 12.4 Å². The largest absolute Gasteiger partial charge is 0.573 e. The summed E-state index contributed by atoms with van der Waals surface area (Å²) in [5, 5.41) is 2.62. The number of hydrogen-bond donors (Lipinski definition) is 2. The Balaban J connectivity index is 1.82. The highest BCUT2D eigenvalue weighted by atomic mass is 19.4. The van der Waals surface area contributed by atoms with Gasteiger partial charge < -0.3 is 15.8 Å². The lowest BCUT2D eigenvalue weighted by atomic mass is 9.90. The first-order chi connectivity index (χ1) is 13.2. The van der Waals surface area contributed by atoms with E-state index in [0.717, 1.165) is 28.2 Å². The van der Waals surface area contributed by atoms with E-state index in [1.54, 1.807) is 25.4 Å². The van der Waals surface area contributed by atoms with E-state index >= 15 is 0 Å². The van der Waals surface area contributed by atoms with Crippen LogP contribution in [0, 0.1) is 0 Å². The molecule has 2 heterocycles. The van der Waals surface area contributed by atoms with Crippen LogP contribution in [-0.4, -0.2) is 29.3 Å². The molecule has 2 unspecified atom stereocenters. The number of imide groups is 1. The molecule has 0 aliphatic carbocycles. The van der Waals surface area contributed by atoms with Crippen LogP contribution in [0.4, 0.5) is 23.7 Å². The van der Waals surface area contributed by atoms with Crippen LogP contribution >= 0.6 is 0 Å². The normalized spacial score (nSPS) is 18.2. The van der Waals surface area contributed by atoms with Crippen molar-refractivity contribution < 1.29 is 27.5 Å². The summed E-state index contributed by atoms with van der Waals surface area (Å²) < 4.78 is 40.6. The molecule has 0 radical (unpaired) electrons. The molecule has 2 aromatic rings. The Bertz CT molecular complexity index is 886. The van der Waals surface area contributed by atoms with Crippen LogP contribution in [0.15, 0.2) is 42.7 Å². The zero-order valence-corrected chi connectivity index (χ0v) is 14.7. The van der Waals surface area contributed by atoms with Gasteiger partial charge in [0.2, 0.25) is 0 Å². The summed E-state index contributed by atoms with van der Waals surface area (Å²) in [4.78, 5) is 30.1. The molecule has 0 spiro atoms. The molecule has 1 aliphatic heterocycles. The Hall–Kier alpha value is -3.14. The maximum atomic E-state index is 12.8. The van der Waals surface area contributed by atoms with Gasteiger partial charge in [-0.15, -0.1) is 13.2 Å². The van der Waals surface area contributed by atoms with E-state index in [-0.39, 0.29) is 18.2 Å². The molecule has 3 rings (SSSR count). The molecule has 148 valence electrons. The number of hydrogen-bond acceptors (Lipinski definition) is 5. The molecular formula is C18H17F3N4O3. The van der Waals surface area contributed by atoms with Gasteiger partial charge in [0.05, 0.1) is 5.69 Å². The highest BCUT2D eigenvalue weighted by molar-refractivity contribution is 6.21. The van der Waals surface area contributed by atoms with E-state index in [4.69, 9.17) is 5.73 Å².